The maximum Gasteiger partial charge on any atom is 0.416 e. The van der Waals surface area contributed by atoms with E-state index in [-0.39, 0.29) is 17.0 Å². The zero-order valence-electron chi connectivity index (χ0n) is 16.4. The lowest BCUT2D eigenvalue weighted by atomic mass is 10.2. The van der Waals surface area contributed by atoms with Crippen molar-refractivity contribution in [2.75, 3.05) is 11.1 Å². The van der Waals surface area contributed by atoms with Crippen molar-refractivity contribution in [2.45, 2.75) is 24.3 Å². The number of nitrogens with one attached hydrogen (secondary N) is 1. The second kappa shape index (κ2) is 9.47. The van der Waals surface area contributed by atoms with E-state index < -0.39 is 17.6 Å². The number of alkyl halides is 3. The molecular weight excluding hydrogens is 479 g/mol. The predicted octanol–water partition coefficient (Wildman–Crippen LogP) is 5.51. The van der Waals surface area contributed by atoms with Crippen molar-refractivity contribution in [2.24, 2.45) is 0 Å². The summed E-state index contributed by atoms with van der Waals surface area (Å²) in [6.45, 7) is 0.414. The van der Waals surface area contributed by atoms with Gasteiger partial charge in [-0.05, 0) is 47.5 Å². The Morgan fingerprint density at radius 2 is 1.97 bits per heavy atom. The second-order valence-electron chi connectivity index (χ2n) is 6.73. The molecule has 1 amide bonds. The molecule has 3 aromatic heterocycles. The zero-order chi connectivity index (χ0) is 22.7. The number of aryl methyl sites for hydroxylation is 1. The first kappa shape index (κ1) is 22.6. The monoisotopic (exact) mass is 495 g/mol. The minimum Gasteiger partial charge on any atom is -0.325 e. The summed E-state index contributed by atoms with van der Waals surface area (Å²) in [5.74, 6) is -0.587. The number of carbonyl (C=O) groups excluding carboxylic acids is 1. The van der Waals surface area contributed by atoms with Crippen molar-refractivity contribution in [1.29, 1.82) is 0 Å². The van der Waals surface area contributed by atoms with Gasteiger partial charge >= 0.3 is 6.18 Å². The van der Waals surface area contributed by atoms with Crippen LogP contribution < -0.4 is 10.9 Å². The van der Waals surface area contributed by atoms with Crippen molar-refractivity contribution in [3.8, 4) is 0 Å². The number of thioether (sulfide) groups is 1. The molecule has 0 atom stereocenters. The molecule has 0 bridgehead atoms. The molecular formula is C21H16F3N3O2S3. The van der Waals surface area contributed by atoms with Gasteiger partial charge in [0.15, 0.2) is 5.16 Å². The molecule has 166 valence electrons. The van der Waals surface area contributed by atoms with Crippen molar-refractivity contribution in [3.63, 3.8) is 0 Å². The van der Waals surface area contributed by atoms with E-state index in [1.807, 2.05) is 17.5 Å². The highest BCUT2D eigenvalue weighted by Gasteiger charge is 2.30. The second-order valence-corrected chi connectivity index (χ2v) is 9.62. The first-order valence-electron chi connectivity index (χ1n) is 9.41. The highest BCUT2D eigenvalue weighted by molar-refractivity contribution is 7.99. The Labute approximate surface area is 192 Å². The summed E-state index contributed by atoms with van der Waals surface area (Å²) in [4.78, 5) is 31.0. The van der Waals surface area contributed by atoms with E-state index in [9.17, 15) is 22.8 Å². The first-order valence-corrected chi connectivity index (χ1v) is 12.2. The Bertz CT molecular complexity index is 1300. The Morgan fingerprint density at radius 3 is 2.72 bits per heavy atom. The molecule has 3 heterocycles. The molecule has 0 aliphatic rings. The average Bonchev–Trinajstić information content (AvgIpc) is 3.43. The maximum absolute atomic E-state index is 13.0. The van der Waals surface area contributed by atoms with Gasteiger partial charge in [-0.2, -0.15) is 13.2 Å². The first-order chi connectivity index (χ1) is 15.3. The lowest BCUT2D eigenvalue weighted by Crippen LogP contribution is -2.24. The number of hydrogen-bond acceptors (Lipinski definition) is 6. The van der Waals surface area contributed by atoms with Crippen LogP contribution in [-0.4, -0.2) is 21.2 Å². The fraction of sp³-hybridized carbons (Fsp3) is 0.190. The van der Waals surface area contributed by atoms with Crippen LogP contribution in [0.25, 0.3) is 10.2 Å². The lowest BCUT2D eigenvalue weighted by molar-refractivity contribution is -0.137. The zero-order valence-corrected chi connectivity index (χ0v) is 18.8. The Kier molecular flexibility index (Phi) is 6.68. The van der Waals surface area contributed by atoms with Gasteiger partial charge in [0, 0.05) is 17.1 Å². The summed E-state index contributed by atoms with van der Waals surface area (Å²) in [6, 6.07) is 10.1. The van der Waals surface area contributed by atoms with Gasteiger partial charge < -0.3 is 5.32 Å². The standard InChI is InChI=1S/C21H16F3N3O2S3/c22-21(23,24)13-3-1-4-14(11-13)25-17(28)12-32-20-26-16-7-10-31-18(16)19(29)27(20)8-6-15-5-2-9-30-15/h1-5,7,9-11H,6,8,12H2,(H,25,28). The molecule has 0 radical (unpaired) electrons. The van der Waals surface area contributed by atoms with Crippen LogP contribution in [0.1, 0.15) is 10.4 Å². The van der Waals surface area contributed by atoms with E-state index in [1.54, 1.807) is 27.4 Å². The van der Waals surface area contributed by atoms with Gasteiger partial charge in [0.1, 0.15) is 4.70 Å². The largest absolute Gasteiger partial charge is 0.416 e. The SMILES string of the molecule is O=C(CSc1nc2ccsc2c(=O)n1CCc1cccs1)Nc1cccc(C(F)(F)F)c1. The number of rotatable bonds is 7. The van der Waals surface area contributed by atoms with Gasteiger partial charge in [-0.1, -0.05) is 23.9 Å². The molecule has 0 saturated carbocycles. The summed E-state index contributed by atoms with van der Waals surface area (Å²) < 4.78 is 40.7. The number of thiophene rings is 2. The van der Waals surface area contributed by atoms with Crippen LogP contribution in [0.2, 0.25) is 0 Å². The molecule has 1 N–H and O–H groups in total. The smallest absolute Gasteiger partial charge is 0.325 e. The molecule has 32 heavy (non-hydrogen) atoms. The highest BCUT2D eigenvalue weighted by Crippen LogP contribution is 2.30. The van der Waals surface area contributed by atoms with Crippen LogP contribution in [0.15, 0.2) is 63.2 Å². The molecule has 0 fully saturated rings. The van der Waals surface area contributed by atoms with E-state index in [4.69, 9.17) is 0 Å². The number of nitrogens with zero attached hydrogens (tertiary/aromatic N) is 2. The summed E-state index contributed by atoms with van der Waals surface area (Å²) in [6.07, 6.45) is -3.84. The summed E-state index contributed by atoms with van der Waals surface area (Å²) in [7, 11) is 0. The van der Waals surface area contributed by atoms with Crippen molar-refractivity contribution in [3.05, 3.63) is 74.0 Å². The molecule has 0 unspecified atom stereocenters. The molecule has 0 aliphatic heterocycles. The molecule has 4 rings (SSSR count). The van der Waals surface area contributed by atoms with Crippen molar-refractivity contribution < 1.29 is 18.0 Å². The third-order valence-corrected chi connectivity index (χ3v) is 7.30. The van der Waals surface area contributed by atoms with Gasteiger partial charge in [0.2, 0.25) is 5.91 Å². The fourth-order valence-corrected chi connectivity index (χ4v) is 5.31. The molecule has 4 aromatic rings. The van der Waals surface area contributed by atoms with Crippen LogP contribution in [0.4, 0.5) is 18.9 Å². The number of anilines is 1. The van der Waals surface area contributed by atoms with E-state index >= 15 is 0 Å². The Hall–Kier alpha value is -2.63. The number of halogens is 3. The van der Waals surface area contributed by atoms with Gasteiger partial charge in [0.25, 0.3) is 5.56 Å². The van der Waals surface area contributed by atoms with E-state index in [0.717, 1.165) is 28.8 Å². The maximum atomic E-state index is 13.0. The molecule has 0 spiro atoms. The van der Waals surface area contributed by atoms with E-state index in [1.165, 1.54) is 23.5 Å². The number of fused-ring (bicyclic) bond motifs is 1. The van der Waals surface area contributed by atoms with E-state index in [0.29, 0.717) is 28.3 Å². The molecule has 0 saturated heterocycles. The summed E-state index contributed by atoms with van der Waals surface area (Å²) in [5.41, 5.74) is -0.382. The van der Waals surface area contributed by atoms with Gasteiger partial charge in [-0.25, -0.2) is 4.98 Å². The third kappa shape index (κ3) is 5.22. The quantitative estimate of drug-likeness (QED) is 0.271. The third-order valence-electron chi connectivity index (χ3n) is 4.50. The average molecular weight is 496 g/mol. The van der Waals surface area contributed by atoms with Crippen LogP contribution in [0.3, 0.4) is 0 Å². The minimum absolute atomic E-state index is 0.0572. The van der Waals surface area contributed by atoms with Crippen LogP contribution >= 0.6 is 34.4 Å². The Morgan fingerprint density at radius 1 is 1.12 bits per heavy atom. The van der Waals surface area contributed by atoms with E-state index in [2.05, 4.69) is 10.3 Å². The number of hydrogen-bond donors (Lipinski definition) is 1. The van der Waals surface area contributed by atoms with Crippen LogP contribution in [-0.2, 0) is 23.9 Å². The van der Waals surface area contributed by atoms with Crippen LogP contribution in [0, 0.1) is 0 Å². The summed E-state index contributed by atoms with van der Waals surface area (Å²) in [5, 5.41) is 6.63. The van der Waals surface area contributed by atoms with Crippen molar-refractivity contribution >= 4 is 56.2 Å². The topological polar surface area (TPSA) is 64.0 Å². The molecule has 11 heteroatoms. The minimum atomic E-state index is -4.49. The number of amides is 1. The predicted molar refractivity (Wildman–Crippen MR) is 123 cm³/mol. The lowest BCUT2D eigenvalue weighted by Gasteiger charge is -2.12. The summed E-state index contributed by atoms with van der Waals surface area (Å²) >= 11 is 3.99. The van der Waals surface area contributed by atoms with Gasteiger partial charge in [0.05, 0.1) is 16.8 Å². The number of aromatic nitrogens is 2. The van der Waals surface area contributed by atoms with Gasteiger partial charge in [-0.3, -0.25) is 14.2 Å². The molecule has 1 aromatic carbocycles. The normalized spacial score (nSPS) is 11.7. The molecule has 0 aliphatic carbocycles. The molecule has 5 nitrogen and oxygen atoms in total. The number of benzene rings is 1. The highest BCUT2D eigenvalue weighted by atomic mass is 32.2. The van der Waals surface area contributed by atoms with Crippen LogP contribution in [0.5, 0.6) is 0 Å². The number of carbonyl (C=O) groups is 1. The Balaban J connectivity index is 1.50. The fourth-order valence-electron chi connectivity index (χ4n) is 3.01. The van der Waals surface area contributed by atoms with Crippen molar-refractivity contribution in [1.82, 2.24) is 9.55 Å². The van der Waals surface area contributed by atoms with Gasteiger partial charge in [-0.15, -0.1) is 22.7 Å².